The third kappa shape index (κ3) is 4.89. The maximum atomic E-state index is 12.8. The Morgan fingerprint density at radius 3 is 2.89 bits per heavy atom. The molecule has 1 fully saturated rings. The maximum absolute atomic E-state index is 12.8. The van der Waals surface area contributed by atoms with Crippen LogP contribution < -0.4 is 26.1 Å². The molecule has 2 aliphatic rings. The zero-order valence-corrected chi connectivity index (χ0v) is 20.6. The van der Waals surface area contributed by atoms with Crippen molar-refractivity contribution in [1.82, 2.24) is 24.4 Å². The van der Waals surface area contributed by atoms with E-state index >= 15 is 0 Å². The molecule has 13 heteroatoms. The van der Waals surface area contributed by atoms with Crippen molar-refractivity contribution in [3.63, 3.8) is 0 Å². The average Bonchev–Trinajstić information content (AvgIpc) is 3.40. The summed E-state index contributed by atoms with van der Waals surface area (Å²) in [4.78, 5) is 43.4. The summed E-state index contributed by atoms with van der Waals surface area (Å²) in [5, 5.41) is 4.15. The van der Waals surface area contributed by atoms with E-state index in [4.69, 9.17) is 19.9 Å². The van der Waals surface area contributed by atoms with Gasteiger partial charge in [-0.05, 0) is 25.5 Å². The van der Waals surface area contributed by atoms with E-state index in [0.717, 1.165) is 11.2 Å². The monoisotopic (exact) mass is 508 g/mol. The van der Waals surface area contributed by atoms with Crippen LogP contribution >= 0.6 is 0 Å². The number of ether oxygens (including phenoxy) is 3. The van der Waals surface area contributed by atoms with Crippen LogP contribution in [-0.2, 0) is 16.1 Å². The van der Waals surface area contributed by atoms with Gasteiger partial charge in [-0.1, -0.05) is 0 Å². The summed E-state index contributed by atoms with van der Waals surface area (Å²) in [6.07, 6.45) is 2.90. The molecule has 2 aromatic heterocycles. The third-order valence-corrected chi connectivity index (χ3v) is 6.24. The predicted octanol–water partition coefficient (Wildman–Crippen LogP) is 0.600. The molecular weight excluding hydrogens is 480 g/mol. The lowest BCUT2D eigenvalue weighted by Gasteiger charge is -2.30. The van der Waals surface area contributed by atoms with Crippen molar-refractivity contribution in [2.24, 2.45) is 4.99 Å². The molecule has 1 aromatic carbocycles. The number of methoxy groups -OCH3 is 1. The van der Waals surface area contributed by atoms with Gasteiger partial charge >= 0.3 is 0 Å². The zero-order chi connectivity index (χ0) is 25.9. The second-order valence-corrected chi connectivity index (χ2v) is 8.62. The summed E-state index contributed by atoms with van der Waals surface area (Å²) >= 11 is 0. The smallest absolute Gasteiger partial charge is 0.283 e. The van der Waals surface area contributed by atoms with E-state index in [1.807, 2.05) is 16.7 Å². The lowest BCUT2D eigenvalue weighted by atomic mass is 10.2. The van der Waals surface area contributed by atoms with Crippen molar-refractivity contribution in [3.8, 4) is 11.5 Å². The summed E-state index contributed by atoms with van der Waals surface area (Å²) in [5.74, 6) is 1.26. The van der Waals surface area contributed by atoms with E-state index in [1.54, 1.807) is 18.9 Å². The van der Waals surface area contributed by atoms with Crippen LogP contribution in [0.1, 0.15) is 23.7 Å². The van der Waals surface area contributed by atoms with Gasteiger partial charge in [0.05, 0.1) is 25.9 Å². The first kappa shape index (κ1) is 24.4. The Morgan fingerprint density at radius 2 is 2.11 bits per heavy atom. The maximum Gasteiger partial charge on any atom is 0.283 e. The number of nitrogen functional groups attached to an aromatic ring is 1. The Labute approximate surface area is 212 Å². The molecule has 1 saturated heterocycles. The second-order valence-electron chi connectivity index (χ2n) is 8.62. The summed E-state index contributed by atoms with van der Waals surface area (Å²) in [7, 11) is 1.54. The molecule has 13 nitrogen and oxygen atoms in total. The standard InChI is InChI=1S/C24H28N8O5/c1-14-22(34)31(9-11-36-14)7-3-10-37-17-5-4-16-18(19(17)35-2)29-24(32-8-6-26-20(16)32)30-21(33)15-12-27-23(25)28-13-15/h4-5,12-14,26H,3,6-11H2,1-2H3,(H2,25,27,28). The molecule has 1 unspecified atom stereocenters. The summed E-state index contributed by atoms with van der Waals surface area (Å²) in [6.45, 7) is 5.11. The fraction of sp³-hybridized carbons (Fsp3) is 0.417. The number of hydrogen-bond acceptors (Lipinski definition) is 10. The number of hydrogen-bond donors (Lipinski definition) is 2. The molecule has 0 saturated carbocycles. The van der Waals surface area contributed by atoms with E-state index in [0.29, 0.717) is 62.8 Å². The van der Waals surface area contributed by atoms with Crippen LogP contribution in [-0.4, -0.2) is 82.3 Å². The highest BCUT2D eigenvalue weighted by Crippen LogP contribution is 2.37. The lowest BCUT2D eigenvalue weighted by Crippen LogP contribution is -2.46. The van der Waals surface area contributed by atoms with Gasteiger partial charge < -0.3 is 30.2 Å². The van der Waals surface area contributed by atoms with Crippen molar-refractivity contribution in [1.29, 1.82) is 0 Å². The summed E-state index contributed by atoms with van der Waals surface area (Å²) in [5.41, 5.74) is 6.46. The molecule has 37 heavy (non-hydrogen) atoms. The van der Waals surface area contributed by atoms with Gasteiger partial charge in [0.15, 0.2) is 11.5 Å². The minimum Gasteiger partial charge on any atom is -0.491 e. The van der Waals surface area contributed by atoms with Crippen LogP contribution in [0.2, 0.25) is 0 Å². The van der Waals surface area contributed by atoms with Gasteiger partial charge in [0.2, 0.25) is 11.6 Å². The van der Waals surface area contributed by atoms with E-state index in [-0.39, 0.29) is 23.0 Å². The number of carbonyl (C=O) groups is 2. The normalized spacial score (nSPS) is 17.6. The van der Waals surface area contributed by atoms with Crippen molar-refractivity contribution >= 4 is 34.5 Å². The number of morpholine rings is 1. The van der Waals surface area contributed by atoms with Crippen LogP contribution in [0.3, 0.4) is 0 Å². The van der Waals surface area contributed by atoms with Gasteiger partial charge in [-0.15, -0.1) is 0 Å². The van der Waals surface area contributed by atoms with Crippen molar-refractivity contribution in [2.45, 2.75) is 26.0 Å². The van der Waals surface area contributed by atoms with E-state index in [9.17, 15) is 9.59 Å². The summed E-state index contributed by atoms with van der Waals surface area (Å²) < 4.78 is 18.9. The number of amides is 2. The average molecular weight is 509 g/mol. The first-order valence-corrected chi connectivity index (χ1v) is 12.0. The van der Waals surface area contributed by atoms with E-state index in [1.165, 1.54) is 12.4 Å². The van der Waals surface area contributed by atoms with E-state index in [2.05, 4.69) is 25.3 Å². The quantitative estimate of drug-likeness (QED) is 0.433. The van der Waals surface area contributed by atoms with Crippen molar-refractivity contribution in [3.05, 3.63) is 35.7 Å². The van der Waals surface area contributed by atoms with Crippen LogP contribution in [0.15, 0.2) is 29.5 Å². The Hall–Kier alpha value is -4.26. The molecule has 2 aliphatic heterocycles. The fourth-order valence-electron chi connectivity index (χ4n) is 4.39. The molecule has 0 spiro atoms. The zero-order valence-electron chi connectivity index (χ0n) is 20.6. The highest BCUT2D eigenvalue weighted by atomic mass is 16.5. The fourth-order valence-corrected chi connectivity index (χ4v) is 4.39. The van der Waals surface area contributed by atoms with Gasteiger partial charge in [-0.2, -0.15) is 4.99 Å². The highest BCUT2D eigenvalue weighted by Gasteiger charge is 2.25. The molecule has 0 radical (unpaired) electrons. The number of nitrogens with two attached hydrogens (primary N) is 1. The molecule has 4 heterocycles. The largest absolute Gasteiger partial charge is 0.491 e. The predicted molar refractivity (Wildman–Crippen MR) is 133 cm³/mol. The summed E-state index contributed by atoms with van der Waals surface area (Å²) in [6, 6.07) is 3.73. The Balaban J connectivity index is 1.41. The van der Waals surface area contributed by atoms with Crippen molar-refractivity contribution in [2.75, 3.05) is 51.0 Å². The molecule has 0 bridgehead atoms. The SMILES string of the molecule is COc1c(OCCCN2CCOC(C)C2=O)ccc2c3n(c(=NC(=O)c4cnc(N)nc4)nc12)CCN3. The van der Waals surface area contributed by atoms with Gasteiger partial charge in [0.1, 0.15) is 17.4 Å². The minimum atomic E-state index is -0.535. The third-order valence-electron chi connectivity index (χ3n) is 6.24. The molecule has 0 aliphatic carbocycles. The lowest BCUT2D eigenvalue weighted by molar-refractivity contribution is -0.151. The van der Waals surface area contributed by atoms with Gasteiger partial charge in [-0.25, -0.2) is 15.0 Å². The molecule has 2 amide bonds. The van der Waals surface area contributed by atoms with Crippen LogP contribution in [0.4, 0.5) is 11.8 Å². The molecule has 194 valence electrons. The van der Waals surface area contributed by atoms with Gasteiger partial charge in [0, 0.05) is 44.0 Å². The first-order chi connectivity index (χ1) is 18.0. The second kappa shape index (κ2) is 10.4. The first-order valence-electron chi connectivity index (χ1n) is 12.0. The number of anilines is 2. The number of benzene rings is 1. The Bertz CT molecular complexity index is 1410. The molecule has 3 aromatic rings. The van der Waals surface area contributed by atoms with E-state index < -0.39 is 12.0 Å². The molecule has 3 N–H and O–H groups in total. The Morgan fingerprint density at radius 1 is 1.30 bits per heavy atom. The van der Waals surface area contributed by atoms with Crippen LogP contribution in [0.25, 0.3) is 10.9 Å². The van der Waals surface area contributed by atoms with Gasteiger partial charge in [-0.3, -0.25) is 14.2 Å². The number of nitrogens with one attached hydrogen (secondary N) is 1. The number of nitrogens with zero attached hydrogens (tertiary/aromatic N) is 6. The number of carbonyl (C=O) groups excluding carboxylic acids is 2. The molecule has 5 rings (SSSR count). The minimum absolute atomic E-state index is 0.00560. The number of fused-ring (bicyclic) bond motifs is 3. The highest BCUT2D eigenvalue weighted by molar-refractivity contribution is 5.96. The number of aromatic nitrogens is 4. The van der Waals surface area contributed by atoms with Crippen LogP contribution in [0, 0.1) is 0 Å². The Kier molecular flexibility index (Phi) is 6.86. The topological polar surface area (TPSA) is 159 Å². The number of rotatable bonds is 7. The van der Waals surface area contributed by atoms with Crippen LogP contribution in [0.5, 0.6) is 11.5 Å². The molecule has 1 atom stereocenters. The van der Waals surface area contributed by atoms with Crippen molar-refractivity contribution < 1.29 is 23.8 Å². The molecular formula is C24H28N8O5. The van der Waals surface area contributed by atoms with Gasteiger partial charge in [0.25, 0.3) is 11.8 Å².